The van der Waals surface area contributed by atoms with Crippen molar-refractivity contribution in [1.29, 1.82) is 0 Å². The Balaban J connectivity index is 2.33. The highest BCUT2D eigenvalue weighted by atomic mass is 16.7. The number of hydrogen-bond donors (Lipinski definition) is 0. The van der Waals surface area contributed by atoms with Gasteiger partial charge in [-0.05, 0) is 13.8 Å². The molecule has 0 unspecified atom stereocenters. The second-order valence-corrected chi connectivity index (χ2v) is 3.23. The molecule has 1 saturated heterocycles. The Bertz CT molecular complexity index is 176. The van der Waals surface area contributed by atoms with Crippen LogP contribution in [0.4, 0.5) is 0 Å². The van der Waals surface area contributed by atoms with Crippen LogP contribution in [0.1, 0.15) is 20.3 Å². The van der Waals surface area contributed by atoms with Crippen LogP contribution in [0, 0.1) is 0 Å². The van der Waals surface area contributed by atoms with E-state index in [2.05, 4.69) is 4.74 Å². The Morgan fingerprint density at radius 1 is 1.67 bits per heavy atom. The molecule has 1 heterocycles. The van der Waals surface area contributed by atoms with Crippen LogP contribution < -0.4 is 0 Å². The van der Waals surface area contributed by atoms with Crippen molar-refractivity contribution in [3.63, 3.8) is 0 Å². The van der Waals surface area contributed by atoms with Crippen LogP contribution in [0.25, 0.3) is 0 Å². The van der Waals surface area contributed by atoms with Gasteiger partial charge in [0.25, 0.3) is 0 Å². The molecular weight excluding hydrogens is 160 g/mol. The zero-order chi connectivity index (χ0) is 9.19. The summed E-state index contributed by atoms with van der Waals surface area (Å²) in [5, 5.41) is 0. The zero-order valence-corrected chi connectivity index (χ0v) is 7.62. The molecule has 4 nitrogen and oxygen atoms in total. The van der Waals surface area contributed by atoms with Gasteiger partial charge >= 0.3 is 5.97 Å². The third-order valence-corrected chi connectivity index (χ3v) is 1.69. The number of rotatable bonds is 2. The molecule has 1 aliphatic rings. The molecule has 1 fully saturated rings. The zero-order valence-electron chi connectivity index (χ0n) is 7.62. The lowest BCUT2D eigenvalue weighted by Crippen LogP contribution is -2.23. The van der Waals surface area contributed by atoms with Gasteiger partial charge in [0, 0.05) is 0 Å². The minimum Gasteiger partial charge on any atom is -0.469 e. The largest absolute Gasteiger partial charge is 0.469 e. The van der Waals surface area contributed by atoms with Gasteiger partial charge in [-0.25, -0.2) is 0 Å². The maximum absolute atomic E-state index is 10.8. The Kier molecular flexibility index (Phi) is 2.69. The standard InChI is InChI=1S/C8H14O4/c1-8(2)11-5-6(12-8)4-7(9)10-3/h6H,4-5H2,1-3H3/t6-/m0/s1. The van der Waals surface area contributed by atoms with Crippen molar-refractivity contribution in [1.82, 2.24) is 0 Å². The smallest absolute Gasteiger partial charge is 0.308 e. The number of carbonyl (C=O) groups excluding carboxylic acids is 1. The quantitative estimate of drug-likeness (QED) is 0.578. The topological polar surface area (TPSA) is 44.8 Å². The number of esters is 1. The van der Waals surface area contributed by atoms with Gasteiger partial charge in [0.2, 0.25) is 0 Å². The molecule has 0 saturated carbocycles. The van der Waals surface area contributed by atoms with Crippen molar-refractivity contribution in [2.75, 3.05) is 13.7 Å². The third-order valence-electron chi connectivity index (χ3n) is 1.69. The predicted octanol–water partition coefficient (Wildman–Crippen LogP) is 0.701. The van der Waals surface area contributed by atoms with E-state index >= 15 is 0 Å². The molecule has 0 N–H and O–H groups in total. The van der Waals surface area contributed by atoms with E-state index in [-0.39, 0.29) is 18.5 Å². The van der Waals surface area contributed by atoms with E-state index in [0.717, 1.165) is 0 Å². The molecule has 70 valence electrons. The molecule has 0 aromatic heterocycles. The van der Waals surface area contributed by atoms with E-state index < -0.39 is 5.79 Å². The lowest BCUT2D eigenvalue weighted by atomic mass is 10.3. The number of methoxy groups -OCH3 is 1. The Morgan fingerprint density at radius 3 is 2.75 bits per heavy atom. The molecule has 0 aliphatic carbocycles. The average Bonchev–Trinajstić information content (AvgIpc) is 2.30. The minimum atomic E-state index is -0.557. The van der Waals surface area contributed by atoms with E-state index in [4.69, 9.17) is 9.47 Å². The van der Waals surface area contributed by atoms with Gasteiger partial charge in [0.05, 0.1) is 26.2 Å². The molecule has 1 rings (SSSR count). The van der Waals surface area contributed by atoms with Crippen LogP contribution in [0.2, 0.25) is 0 Å². The number of ether oxygens (including phenoxy) is 3. The first kappa shape index (κ1) is 9.48. The predicted molar refractivity (Wildman–Crippen MR) is 41.5 cm³/mol. The van der Waals surface area contributed by atoms with Crippen LogP contribution in [0.5, 0.6) is 0 Å². The summed E-state index contributed by atoms with van der Waals surface area (Å²) in [4.78, 5) is 10.8. The molecular formula is C8H14O4. The van der Waals surface area contributed by atoms with E-state index in [9.17, 15) is 4.79 Å². The van der Waals surface area contributed by atoms with Crippen molar-refractivity contribution in [3.8, 4) is 0 Å². The first-order chi connectivity index (χ1) is 5.53. The van der Waals surface area contributed by atoms with Crippen LogP contribution >= 0.6 is 0 Å². The first-order valence-corrected chi connectivity index (χ1v) is 3.92. The normalized spacial score (nSPS) is 27.1. The van der Waals surface area contributed by atoms with Crippen LogP contribution in [-0.4, -0.2) is 31.6 Å². The molecule has 0 bridgehead atoms. The van der Waals surface area contributed by atoms with Crippen LogP contribution in [0.15, 0.2) is 0 Å². The highest BCUT2D eigenvalue weighted by molar-refractivity contribution is 5.69. The van der Waals surface area contributed by atoms with Gasteiger partial charge in [0.1, 0.15) is 0 Å². The summed E-state index contributed by atoms with van der Waals surface area (Å²) < 4.78 is 15.2. The molecule has 1 aliphatic heterocycles. The summed E-state index contributed by atoms with van der Waals surface area (Å²) in [6.45, 7) is 4.11. The van der Waals surface area contributed by atoms with Crippen molar-refractivity contribution >= 4 is 5.97 Å². The molecule has 12 heavy (non-hydrogen) atoms. The Hall–Kier alpha value is -0.610. The van der Waals surface area contributed by atoms with E-state index in [0.29, 0.717) is 6.61 Å². The second kappa shape index (κ2) is 3.41. The van der Waals surface area contributed by atoms with Gasteiger partial charge in [-0.1, -0.05) is 0 Å². The van der Waals surface area contributed by atoms with E-state index in [1.165, 1.54) is 7.11 Å². The fourth-order valence-electron chi connectivity index (χ4n) is 1.13. The average molecular weight is 174 g/mol. The Labute approximate surface area is 71.8 Å². The summed E-state index contributed by atoms with van der Waals surface area (Å²) >= 11 is 0. The van der Waals surface area contributed by atoms with Gasteiger partial charge in [-0.3, -0.25) is 4.79 Å². The third kappa shape index (κ3) is 2.46. The molecule has 4 heteroatoms. The van der Waals surface area contributed by atoms with Gasteiger partial charge in [0.15, 0.2) is 5.79 Å². The number of carbonyl (C=O) groups is 1. The van der Waals surface area contributed by atoms with Gasteiger partial charge in [-0.2, -0.15) is 0 Å². The first-order valence-electron chi connectivity index (χ1n) is 3.92. The summed E-state index contributed by atoms with van der Waals surface area (Å²) in [5.74, 6) is -0.820. The molecule has 1 atom stereocenters. The highest BCUT2D eigenvalue weighted by Gasteiger charge is 2.33. The molecule has 0 aromatic rings. The van der Waals surface area contributed by atoms with Crippen molar-refractivity contribution in [2.24, 2.45) is 0 Å². The van der Waals surface area contributed by atoms with Gasteiger partial charge < -0.3 is 14.2 Å². The monoisotopic (exact) mass is 174 g/mol. The highest BCUT2D eigenvalue weighted by Crippen LogP contribution is 2.23. The van der Waals surface area contributed by atoms with E-state index in [1.54, 1.807) is 0 Å². The number of hydrogen-bond acceptors (Lipinski definition) is 4. The lowest BCUT2D eigenvalue weighted by Gasteiger charge is -2.16. The van der Waals surface area contributed by atoms with Crippen molar-refractivity contribution in [2.45, 2.75) is 32.2 Å². The summed E-state index contributed by atoms with van der Waals surface area (Å²) in [6, 6.07) is 0. The minimum absolute atomic E-state index is 0.160. The van der Waals surface area contributed by atoms with Crippen LogP contribution in [0.3, 0.4) is 0 Å². The summed E-state index contributed by atoms with van der Waals surface area (Å²) in [7, 11) is 1.36. The molecule has 0 radical (unpaired) electrons. The Morgan fingerprint density at radius 2 is 2.33 bits per heavy atom. The van der Waals surface area contributed by atoms with E-state index in [1.807, 2.05) is 13.8 Å². The maximum Gasteiger partial charge on any atom is 0.308 e. The fourth-order valence-corrected chi connectivity index (χ4v) is 1.13. The van der Waals surface area contributed by atoms with Gasteiger partial charge in [-0.15, -0.1) is 0 Å². The summed E-state index contributed by atoms with van der Waals surface area (Å²) in [6.07, 6.45) is 0.104. The maximum atomic E-state index is 10.8. The van der Waals surface area contributed by atoms with Crippen molar-refractivity contribution < 1.29 is 19.0 Å². The van der Waals surface area contributed by atoms with Crippen LogP contribution in [-0.2, 0) is 19.0 Å². The molecule has 0 amide bonds. The molecule has 0 aromatic carbocycles. The summed E-state index contributed by atoms with van der Waals surface area (Å²) in [5.41, 5.74) is 0. The second-order valence-electron chi connectivity index (χ2n) is 3.23. The molecule has 0 spiro atoms. The SMILES string of the molecule is COC(=O)C[C@H]1COC(C)(C)O1. The lowest BCUT2D eigenvalue weighted by molar-refractivity contribution is -0.152. The van der Waals surface area contributed by atoms with Crippen molar-refractivity contribution in [3.05, 3.63) is 0 Å². The fraction of sp³-hybridized carbons (Fsp3) is 0.875.